The number of anilines is 2. The fourth-order valence-corrected chi connectivity index (χ4v) is 2.77. The topological polar surface area (TPSA) is 98.2 Å². The molecule has 0 saturated carbocycles. The molecular weight excluding hydrogens is 262 g/mol. The first-order valence-corrected chi connectivity index (χ1v) is 8.02. The van der Waals surface area contributed by atoms with Crippen LogP contribution in [-0.4, -0.2) is 14.0 Å². The number of nitrogens with two attached hydrogens (primary N) is 2. The molecule has 0 fully saturated rings. The molecule has 1 rings (SSSR count). The van der Waals surface area contributed by atoms with Gasteiger partial charge in [0.1, 0.15) is 0 Å². The zero-order valence-electron chi connectivity index (χ0n) is 11.7. The van der Waals surface area contributed by atoms with Gasteiger partial charge in [-0.2, -0.15) is 0 Å². The van der Waals surface area contributed by atoms with E-state index in [9.17, 15) is 8.42 Å². The van der Waals surface area contributed by atoms with Crippen LogP contribution in [0.4, 0.5) is 11.4 Å². The SMILES string of the molecule is CCC(CC)(CC)Nc1cc(N)cc(S(N)(=O)=O)c1. The highest BCUT2D eigenvalue weighted by Gasteiger charge is 2.24. The summed E-state index contributed by atoms with van der Waals surface area (Å²) in [7, 11) is -3.74. The summed E-state index contributed by atoms with van der Waals surface area (Å²) in [5.41, 5.74) is 6.76. The Kier molecular flexibility index (Phi) is 4.81. The Morgan fingerprint density at radius 2 is 1.63 bits per heavy atom. The van der Waals surface area contributed by atoms with Gasteiger partial charge in [0.15, 0.2) is 0 Å². The van der Waals surface area contributed by atoms with Crippen LogP contribution in [0.2, 0.25) is 0 Å². The van der Waals surface area contributed by atoms with Crippen LogP contribution < -0.4 is 16.2 Å². The van der Waals surface area contributed by atoms with Crippen molar-refractivity contribution in [3.63, 3.8) is 0 Å². The second-order valence-corrected chi connectivity index (χ2v) is 6.36. The maximum absolute atomic E-state index is 11.4. The third-order valence-electron chi connectivity index (χ3n) is 3.70. The van der Waals surface area contributed by atoms with Gasteiger partial charge in [-0.25, -0.2) is 13.6 Å². The second-order valence-electron chi connectivity index (χ2n) is 4.80. The molecule has 6 heteroatoms. The van der Waals surface area contributed by atoms with Gasteiger partial charge in [-0.3, -0.25) is 0 Å². The standard InChI is InChI=1S/C13H23N3O2S/c1-4-13(5-2,6-3)16-11-7-10(14)8-12(9-11)19(15,17)18/h7-9,16H,4-6,14H2,1-3H3,(H2,15,17,18). The predicted molar refractivity (Wildman–Crippen MR) is 79.5 cm³/mol. The normalized spacial score (nSPS) is 12.4. The van der Waals surface area contributed by atoms with E-state index in [0.29, 0.717) is 11.4 Å². The van der Waals surface area contributed by atoms with Crippen molar-refractivity contribution in [3.05, 3.63) is 18.2 Å². The summed E-state index contributed by atoms with van der Waals surface area (Å²) >= 11 is 0. The molecule has 0 aliphatic carbocycles. The fourth-order valence-electron chi connectivity index (χ4n) is 2.18. The molecule has 0 amide bonds. The molecule has 1 aromatic carbocycles. The largest absolute Gasteiger partial charge is 0.399 e. The fraction of sp³-hybridized carbons (Fsp3) is 0.538. The van der Waals surface area contributed by atoms with Crippen molar-refractivity contribution in [2.75, 3.05) is 11.1 Å². The molecule has 108 valence electrons. The highest BCUT2D eigenvalue weighted by atomic mass is 32.2. The molecule has 0 radical (unpaired) electrons. The van der Waals surface area contributed by atoms with E-state index in [1.807, 2.05) is 0 Å². The summed E-state index contributed by atoms with van der Waals surface area (Å²) < 4.78 is 22.8. The highest BCUT2D eigenvalue weighted by Crippen LogP contribution is 2.28. The van der Waals surface area contributed by atoms with Crippen molar-refractivity contribution >= 4 is 21.4 Å². The van der Waals surface area contributed by atoms with Crippen LogP contribution in [0.3, 0.4) is 0 Å². The highest BCUT2D eigenvalue weighted by molar-refractivity contribution is 7.89. The minimum atomic E-state index is -3.74. The summed E-state index contributed by atoms with van der Waals surface area (Å²) in [4.78, 5) is 0.0345. The Bertz CT molecular complexity index is 529. The van der Waals surface area contributed by atoms with Gasteiger partial charge in [-0.15, -0.1) is 0 Å². The van der Waals surface area contributed by atoms with Crippen LogP contribution in [0.5, 0.6) is 0 Å². The molecule has 0 atom stereocenters. The van der Waals surface area contributed by atoms with E-state index in [4.69, 9.17) is 10.9 Å². The molecule has 5 N–H and O–H groups in total. The Labute approximate surface area is 115 Å². The molecular formula is C13H23N3O2S. The summed E-state index contributed by atoms with van der Waals surface area (Å²) in [6, 6.07) is 4.62. The monoisotopic (exact) mass is 285 g/mol. The molecule has 19 heavy (non-hydrogen) atoms. The molecule has 0 aliphatic heterocycles. The molecule has 0 heterocycles. The van der Waals surface area contributed by atoms with E-state index in [-0.39, 0.29) is 10.4 Å². The number of nitrogens with one attached hydrogen (secondary N) is 1. The Hall–Kier alpha value is -1.27. The molecule has 0 aliphatic rings. The summed E-state index contributed by atoms with van der Waals surface area (Å²) in [6.45, 7) is 6.31. The van der Waals surface area contributed by atoms with Crippen LogP contribution in [0.25, 0.3) is 0 Å². The van der Waals surface area contributed by atoms with Gasteiger partial charge >= 0.3 is 0 Å². The quantitative estimate of drug-likeness (QED) is 0.698. The number of hydrogen-bond donors (Lipinski definition) is 3. The number of hydrogen-bond acceptors (Lipinski definition) is 4. The molecule has 0 saturated heterocycles. The van der Waals surface area contributed by atoms with Gasteiger partial charge in [-0.1, -0.05) is 20.8 Å². The van der Waals surface area contributed by atoms with Crippen molar-refractivity contribution in [1.82, 2.24) is 0 Å². The predicted octanol–water partition coefficient (Wildman–Crippen LogP) is 2.30. The van der Waals surface area contributed by atoms with Crippen LogP contribution in [-0.2, 0) is 10.0 Å². The average Bonchev–Trinajstić information content (AvgIpc) is 2.34. The number of sulfonamides is 1. The molecule has 1 aromatic rings. The lowest BCUT2D eigenvalue weighted by Crippen LogP contribution is -2.36. The Morgan fingerprint density at radius 1 is 1.11 bits per heavy atom. The zero-order valence-corrected chi connectivity index (χ0v) is 12.5. The van der Waals surface area contributed by atoms with Crippen molar-refractivity contribution in [2.45, 2.75) is 50.5 Å². The lowest BCUT2D eigenvalue weighted by Gasteiger charge is -2.33. The van der Waals surface area contributed by atoms with E-state index in [0.717, 1.165) is 19.3 Å². The molecule has 5 nitrogen and oxygen atoms in total. The van der Waals surface area contributed by atoms with Crippen molar-refractivity contribution < 1.29 is 8.42 Å². The van der Waals surface area contributed by atoms with E-state index in [2.05, 4.69) is 26.1 Å². The summed E-state index contributed by atoms with van der Waals surface area (Å²) in [5, 5.41) is 8.54. The first kappa shape index (κ1) is 15.8. The summed E-state index contributed by atoms with van der Waals surface area (Å²) in [6.07, 6.45) is 2.83. The molecule has 0 aromatic heterocycles. The van der Waals surface area contributed by atoms with Gasteiger partial charge < -0.3 is 11.1 Å². The van der Waals surface area contributed by atoms with E-state index in [1.54, 1.807) is 6.07 Å². The number of nitrogen functional groups attached to an aromatic ring is 1. The smallest absolute Gasteiger partial charge is 0.238 e. The molecule has 0 bridgehead atoms. The lowest BCUT2D eigenvalue weighted by molar-refractivity contribution is 0.420. The van der Waals surface area contributed by atoms with Gasteiger partial charge in [0.25, 0.3) is 0 Å². The van der Waals surface area contributed by atoms with E-state index >= 15 is 0 Å². The maximum atomic E-state index is 11.4. The van der Waals surface area contributed by atoms with Gasteiger partial charge in [-0.05, 0) is 37.5 Å². The van der Waals surface area contributed by atoms with Gasteiger partial charge in [0.05, 0.1) is 4.90 Å². The van der Waals surface area contributed by atoms with E-state index in [1.165, 1.54) is 12.1 Å². The lowest BCUT2D eigenvalue weighted by atomic mass is 9.89. The second kappa shape index (κ2) is 5.79. The minimum absolute atomic E-state index is 0.0345. The van der Waals surface area contributed by atoms with Crippen molar-refractivity contribution in [3.8, 4) is 0 Å². The summed E-state index contributed by atoms with van der Waals surface area (Å²) in [5.74, 6) is 0. The van der Waals surface area contributed by atoms with Crippen LogP contribution in [0.15, 0.2) is 23.1 Å². The third kappa shape index (κ3) is 3.84. The number of rotatable bonds is 6. The van der Waals surface area contributed by atoms with Gasteiger partial charge in [0.2, 0.25) is 10.0 Å². The first-order chi connectivity index (χ1) is 8.76. The zero-order chi connectivity index (χ0) is 14.7. The van der Waals surface area contributed by atoms with Crippen LogP contribution in [0, 0.1) is 0 Å². The number of benzene rings is 1. The van der Waals surface area contributed by atoms with Crippen LogP contribution in [0.1, 0.15) is 40.0 Å². The Morgan fingerprint density at radius 3 is 2.05 bits per heavy atom. The first-order valence-electron chi connectivity index (χ1n) is 6.48. The van der Waals surface area contributed by atoms with Crippen LogP contribution >= 0.6 is 0 Å². The van der Waals surface area contributed by atoms with Gasteiger partial charge in [0, 0.05) is 16.9 Å². The Balaban J connectivity index is 3.18. The number of primary sulfonamides is 1. The third-order valence-corrected chi connectivity index (χ3v) is 4.59. The van der Waals surface area contributed by atoms with Crippen molar-refractivity contribution in [1.29, 1.82) is 0 Å². The molecule has 0 unspecified atom stereocenters. The van der Waals surface area contributed by atoms with E-state index < -0.39 is 10.0 Å². The van der Waals surface area contributed by atoms with Crippen molar-refractivity contribution in [2.24, 2.45) is 5.14 Å². The minimum Gasteiger partial charge on any atom is -0.399 e. The molecule has 0 spiro atoms. The maximum Gasteiger partial charge on any atom is 0.238 e. The average molecular weight is 285 g/mol.